The third-order valence-electron chi connectivity index (χ3n) is 4.07. The predicted molar refractivity (Wildman–Crippen MR) is 102 cm³/mol. The standard InChI is InChI=1S/C17H17FN2O5S3/c1-11-17(12(2)25-20-11)28(23,24)19-10-16(15-4-3-9-26-15)27(21,22)14-7-5-13(18)6-8-14/h3-9,16,19H,10H2,1-2H3/t16-/m1/s1. The molecule has 0 aliphatic rings. The number of nitrogens with one attached hydrogen (secondary N) is 1. The fourth-order valence-corrected chi connectivity index (χ4v) is 7.00. The van der Waals surface area contributed by atoms with Crippen LogP contribution in [0.2, 0.25) is 0 Å². The molecule has 28 heavy (non-hydrogen) atoms. The second-order valence-corrected chi connectivity index (χ2v) is 10.8. The van der Waals surface area contributed by atoms with Crippen LogP contribution in [0.25, 0.3) is 0 Å². The Bertz CT molecular complexity index is 1150. The van der Waals surface area contributed by atoms with Crippen molar-refractivity contribution in [3.05, 3.63) is 63.9 Å². The van der Waals surface area contributed by atoms with Crippen molar-refractivity contribution in [1.29, 1.82) is 0 Å². The van der Waals surface area contributed by atoms with Gasteiger partial charge in [0.15, 0.2) is 15.6 Å². The fourth-order valence-electron chi connectivity index (χ4n) is 2.74. The van der Waals surface area contributed by atoms with E-state index >= 15 is 0 Å². The SMILES string of the molecule is Cc1noc(C)c1S(=O)(=O)NC[C@H](c1cccs1)S(=O)(=O)c1ccc(F)cc1. The van der Waals surface area contributed by atoms with Crippen LogP contribution in [0.4, 0.5) is 4.39 Å². The number of sulfonamides is 1. The molecular formula is C17H17FN2O5S3. The van der Waals surface area contributed by atoms with E-state index in [1.807, 2.05) is 0 Å². The minimum absolute atomic E-state index is 0.0937. The molecule has 0 aliphatic heterocycles. The zero-order valence-corrected chi connectivity index (χ0v) is 17.4. The second-order valence-electron chi connectivity index (χ2n) is 6.01. The number of hydrogen-bond acceptors (Lipinski definition) is 7. The first-order valence-corrected chi connectivity index (χ1v) is 12.0. The highest BCUT2D eigenvalue weighted by Gasteiger charge is 2.33. The molecule has 0 bridgehead atoms. The number of nitrogens with zero attached hydrogens (tertiary/aromatic N) is 1. The van der Waals surface area contributed by atoms with Crippen LogP contribution in [-0.2, 0) is 19.9 Å². The van der Waals surface area contributed by atoms with Gasteiger partial charge in [0, 0.05) is 11.4 Å². The molecule has 2 heterocycles. The van der Waals surface area contributed by atoms with Crippen LogP contribution in [0.1, 0.15) is 21.6 Å². The summed E-state index contributed by atoms with van der Waals surface area (Å²) >= 11 is 1.19. The van der Waals surface area contributed by atoms with Crippen LogP contribution < -0.4 is 4.72 Å². The molecule has 1 aromatic carbocycles. The molecule has 0 aliphatic carbocycles. The largest absolute Gasteiger partial charge is 0.360 e. The highest BCUT2D eigenvalue weighted by atomic mass is 32.2. The molecule has 0 saturated heterocycles. The van der Waals surface area contributed by atoms with Crippen molar-refractivity contribution in [2.24, 2.45) is 0 Å². The van der Waals surface area contributed by atoms with Crippen LogP contribution in [-0.4, -0.2) is 28.5 Å². The van der Waals surface area contributed by atoms with Gasteiger partial charge in [0.05, 0.1) is 4.90 Å². The van der Waals surface area contributed by atoms with E-state index in [4.69, 9.17) is 4.52 Å². The second kappa shape index (κ2) is 7.74. The first kappa shape index (κ1) is 20.6. The van der Waals surface area contributed by atoms with E-state index in [2.05, 4.69) is 9.88 Å². The number of aryl methyl sites for hydroxylation is 2. The van der Waals surface area contributed by atoms with Gasteiger partial charge >= 0.3 is 0 Å². The molecule has 2 aromatic heterocycles. The lowest BCUT2D eigenvalue weighted by Crippen LogP contribution is -2.32. The highest BCUT2D eigenvalue weighted by molar-refractivity contribution is 7.92. The molecule has 0 unspecified atom stereocenters. The quantitative estimate of drug-likeness (QED) is 0.562. The van der Waals surface area contributed by atoms with E-state index in [0.717, 1.165) is 24.3 Å². The van der Waals surface area contributed by atoms with E-state index in [9.17, 15) is 21.2 Å². The minimum atomic E-state index is -4.04. The molecular weight excluding hydrogens is 427 g/mol. The van der Waals surface area contributed by atoms with Crippen LogP contribution in [0.15, 0.2) is 56.1 Å². The molecule has 3 aromatic rings. The lowest BCUT2D eigenvalue weighted by atomic mass is 10.3. The van der Waals surface area contributed by atoms with Crippen LogP contribution >= 0.6 is 11.3 Å². The Morgan fingerprint density at radius 1 is 1.14 bits per heavy atom. The average Bonchev–Trinajstić information content (AvgIpc) is 3.25. The smallest absolute Gasteiger partial charge is 0.246 e. The van der Waals surface area contributed by atoms with Crippen molar-refractivity contribution in [2.45, 2.75) is 28.9 Å². The third-order valence-corrected chi connectivity index (χ3v) is 8.97. The molecule has 150 valence electrons. The molecule has 1 atom stereocenters. The topological polar surface area (TPSA) is 106 Å². The van der Waals surface area contributed by atoms with Gasteiger partial charge in [-0.15, -0.1) is 11.3 Å². The number of hydrogen-bond donors (Lipinski definition) is 1. The molecule has 0 fully saturated rings. The van der Waals surface area contributed by atoms with Gasteiger partial charge in [-0.3, -0.25) is 0 Å². The van der Waals surface area contributed by atoms with Gasteiger partial charge in [-0.25, -0.2) is 25.9 Å². The number of sulfone groups is 1. The molecule has 7 nitrogen and oxygen atoms in total. The summed E-state index contributed by atoms with van der Waals surface area (Å²) in [6.07, 6.45) is 0. The van der Waals surface area contributed by atoms with Gasteiger partial charge in [-0.05, 0) is 49.6 Å². The fraction of sp³-hybridized carbons (Fsp3) is 0.235. The number of thiophene rings is 1. The number of halogens is 1. The van der Waals surface area contributed by atoms with Crippen molar-refractivity contribution in [1.82, 2.24) is 9.88 Å². The normalized spacial score (nSPS) is 13.5. The van der Waals surface area contributed by atoms with Gasteiger partial charge in [0.1, 0.15) is 21.7 Å². The summed E-state index contributed by atoms with van der Waals surface area (Å²) in [4.78, 5) is 0.256. The molecule has 3 rings (SSSR count). The zero-order chi connectivity index (χ0) is 20.5. The Labute approximate surface area is 166 Å². The lowest BCUT2D eigenvalue weighted by Gasteiger charge is -2.17. The Hall–Kier alpha value is -2.08. The molecule has 0 amide bonds. The van der Waals surface area contributed by atoms with E-state index in [1.54, 1.807) is 17.5 Å². The average molecular weight is 445 g/mol. The Morgan fingerprint density at radius 3 is 2.36 bits per heavy atom. The minimum Gasteiger partial charge on any atom is -0.360 e. The number of rotatable bonds is 7. The van der Waals surface area contributed by atoms with Crippen LogP contribution in [0.3, 0.4) is 0 Å². The summed E-state index contributed by atoms with van der Waals surface area (Å²) in [6.45, 7) is 2.55. The summed E-state index contributed by atoms with van der Waals surface area (Å²) in [5.41, 5.74) is 0.180. The van der Waals surface area contributed by atoms with Crippen molar-refractivity contribution >= 4 is 31.2 Å². The van der Waals surface area contributed by atoms with Gasteiger partial charge in [-0.1, -0.05) is 11.2 Å². The first-order chi connectivity index (χ1) is 13.1. The van der Waals surface area contributed by atoms with Crippen molar-refractivity contribution in [3.8, 4) is 0 Å². The van der Waals surface area contributed by atoms with Gasteiger partial charge in [-0.2, -0.15) is 0 Å². The van der Waals surface area contributed by atoms with Crippen molar-refractivity contribution in [2.75, 3.05) is 6.54 Å². The maximum atomic E-state index is 13.2. The summed E-state index contributed by atoms with van der Waals surface area (Å²) in [6, 6.07) is 7.71. The lowest BCUT2D eigenvalue weighted by molar-refractivity contribution is 0.390. The van der Waals surface area contributed by atoms with Gasteiger partial charge in [0.25, 0.3) is 0 Å². The van der Waals surface area contributed by atoms with Crippen LogP contribution in [0, 0.1) is 19.7 Å². The third kappa shape index (κ3) is 4.02. The summed E-state index contributed by atoms with van der Waals surface area (Å²) in [7, 11) is -8.01. The molecule has 0 spiro atoms. The van der Waals surface area contributed by atoms with Crippen molar-refractivity contribution < 1.29 is 25.7 Å². The summed E-state index contributed by atoms with van der Waals surface area (Å²) < 4.78 is 71.9. The maximum Gasteiger partial charge on any atom is 0.246 e. The molecule has 0 radical (unpaired) electrons. The van der Waals surface area contributed by atoms with Gasteiger partial charge in [0.2, 0.25) is 10.0 Å². The highest BCUT2D eigenvalue weighted by Crippen LogP contribution is 2.32. The Morgan fingerprint density at radius 2 is 1.82 bits per heavy atom. The summed E-state index contributed by atoms with van der Waals surface area (Å²) in [5.74, 6) is -0.454. The maximum absolute atomic E-state index is 13.2. The van der Waals surface area contributed by atoms with Gasteiger partial charge < -0.3 is 4.52 Å². The van der Waals surface area contributed by atoms with E-state index < -0.39 is 37.5 Å². The monoisotopic (exact) mass is 444 g/mol. The molecule has 11 heteroatoms. The van der Waals surface area contributed by atoms with Crippen LogP contribution in [0.5, 0.6) is 0 Å². The molecule has 1 N–H and O–H groups in total. The van der Waals surface area contributed by atoms with E-state index in [1.165, 1.54) is 25.2 Å². The van der Waals surface area contributed by atoms with E-state index in [0.29, 0.717) is 4.88 Å². The molecule has 0 saturated carbocycles. The number of aromatic nitrogens is 1. The predicted octanol–water partition coefficient (Wildman–Crippen LogP) is 2.99. The zero-order valence-electron chi connectivity index (χ0n) is 14.9. The van der Waals surface area contributed by atoms with E-state index in [-0.39, 0.29) is 21.2 Å². The summed E-state index contributed by atoms with van der Waals surface area (Å²) in [5, 5.41) is 4.14. The Kier molecular flexibility index (Phi) is 5.71. The van der Waals surface area contributed by atoms with Crippen molar-refractivity contribution in [3.63, 3.8) is 0 Å². The Balaban J connectivity index is 1.95. The first-order valence-electron chi connectivity index (χ1n) is 8.08. The number of benzene rings is 1.